The molecule has 0 heterocycles. The van der Waals surface area contributed by atoms with Crippen molar-refractivity contribution in [2.24, 2.45) is 5.92 Å². The number of allylic oxidation sites excluding steroid dienone is 2. The van der Waals surface area contributed by atoms with Crippen LogP contribution in [0.1, 0.15) is 40.5 Å². The summed E-state index contributed by atoms with van der Waals surface area (Å²) in [7, 11) is 0. The number of hydrogen-bond acceptors (Lipinski definition) is 0. The highest BCUT2D eigenvalue weighted by Gasteiger charge is 2.07. The fourth-order valence-corrected chi connectivity index (χ4v) is 0.990. The number of rotatable bonds is 0. The minimum atomic E-state index is 0.875. The first-order valence-corrected chi connectivity index (χ1v) is 3.97. The van der Waals surface area contributed by atoms with Crippen molar-refractivity contribution in [1.82, 2.24) is 0 Å². The molecule has 0 aliphatic heterocycles. The van der Waals surface area contributed by atoms with Gasteiger partial charge in [0.05, 0.1) is 0 Å². The third-order valence-corrected chi connectivity index (χ3v) is 1.84. The van der Waals surface area contributed by atoms with Crippen LogP contribution >= 0.6 is 0 Å². The van der Waals surface area contributed by atoms with Gasteiger partial charge in [-0.1, -0.05) is 32.4 Å². The highest BCUT2D eigenvalue weighted by atomic mass is 14.1. The second kappa shape index (κ2) is 4.60. The first-order chi connectivity index (χ1) is 4.30. The molecule has 0 radical (unpaired) electrons. The molecule has 0 N–H and O–H groups in total. The van der Waals surface area contributed by atoms with E-state index in [4.69, 9.17) is 0 Å². The van der Waals surface area contributed by atoms with E-state index in [1.54, 1.807) is 5.57 Å². The van der Waals surface area contributed by atoms with Gasteiger partial charge in [-0.2, -0.15) is 0 Å². The summed E-state index contributed by atoms with van der Waals surface area (Å²) in [5, 5.41) is 0. The zero-order chi connectivity index (χ0) is 7.28. The van der Waals surface area contributed by atoms with Crippen molar-refractivity contribution in [2.75, 3.05) is 0 Å². The predicted octanol–water partition coefficient (Wildman–Crippen LogP) is 3.39. The minimum absolute atomic E-state index is 0.875. The maximum absolute atomic E-state index is 2.34. The molecule has 1 rings (SSSR count). The Balaban J connectivity index is 0.000000291. The van der Waals surface area contributed by atoms with Crippen molar-refractivity contribution in [3.05, 3.63) is 11.6 Å². The Labute approximate surface area is 59.0 Å². The summed E-state index contributed by atoms with van der Waals surface area (Å²) in [6, 6.07) is 0. The molecule has 1 atom stereocenters. The van der Waals surface area contributed by atoms with Gasteiger partial charge in [0.15, 0.2) is 0 Å². The van der Waals surface area contributed by atoms with Crippen molar-refractivity contribution < 1.29 is 0 Å². The van der Waals surface area contributed by atoms with E-state index in [9.17, 15) is 0 Å². The normalized spacial score (nSPS) is 24.4. The molecule has 0 amide bonds. The van der Waals surface area contributed by atoms with E-state index >= 15 is 0 Å². The van der Waals surface area contributed by atoms with Gasteiger partial charge in [-0.25, -0.2) is 0 Å². The summed E-state index contributed by atoms with van der Waals surface area (Å²) in [6.45, 7) is 8.51. The largest absolute Gasteiger partial charge is 0.0853 e. The average molecular weight is 126 g/mol. The molecule has 0 saturated heterocycles. The first kappa shape index (κ1) is 8.74. The van der Waals surface area contributed by atoms with E-state index in [2.05, 4.69) is 19.9 Å². The molecule has 0 bridgehead atoms. The third kappa shape index (κ3) is 2.69. The van der Waals surface area contributed by atoms with Crippen molar-refractivity contribution in [2.45, 2.75) is 40.5 Å². The molecule has 9 heavy (non-hydrogen) atoms. The molecule has 0 heteroatoms. The number of hydrogen-bond donors (Lipinski definition) is 0. The van der Waals surface area contributed by atoms with Crippen molar-refractivity contribution in [3.63, 3.8) is 0 Å². The Hall–Kier alpha value is -0.260. The lowest BCUT2D eigenvalue weighted by Crippen LogP contribution is -1.85. The van der Waals surface area contributed by atoms with Crippen LogP contribution in [0.4, 0.5) is 0 Å². The van der Waals surface area contributed by atoms with E-state index in [1.807, 2.05) is 13.8 Å². The van der Waals surface area contributed by atoms with Crippen LogP contribution in [0.25, 0.3) is 0 Å². The predicted molar refractivity (Wildman–Crippen MR) is 43.5 cm³/mol. The molecule has 0 aromatic heterocycles. The zero-order valence-corrected chi connectivity index (χ0v) is 7.07. The molecular weight excluding hydrogens is 108 g/mol. The Morgan fingerprint density at radius 2 is 2.00 bits per heavy atom. The lowest BCUT2D eigenvalue weighted by Gasteiger charge is -1.98. The van der Waals surface area contributed by atoms with Crippen LogP contribution in [0, 0.1) is 5.92 Å². The van der Waals surface area contributed by atoms with E-state index in [0.717, 1.165) is 5.92 Å². The second-order valence-electron chi connectivity index (χ2n) is 2.43. The maximum Gasteiger partial charge on any atom is -0.0231 e. The highest BCUT2D eigenvalue weighted by molar-refractivity contribution is 5.07. The Kier molecular flexibility index (Phi) is 4.47. The lowest BCUT2D eigenvalue weighted by atomic mass is 10.1. The summed E-state index contributed by atoms with van der Waals surface area (Å²) in [6.07, 6.45) is 5.03. The van der Waals surface area contributed by atoms with Crippen LogP contribution in [0.15, 0.2) is 11.6 Å². The SMILES string of the molecule is CC.CC1=CCCC1C. The fraction of sp³-hybridized carbons (Fsp3) is 0.778. The van der Waals surface area contributed by atoms with E-state index < -0.39 is 0 Å². The van der Waals surface area contributed by atoms with Crippen LogP contribution < -0.4 is 0 Å². The van der Waals surface area contributed by atoms with Crippen molar-refractivity contribution in [1.29, 1.82) is 0 Å². The van der Waals surface area contributed by atoms with Gasteiger partial charge in [0, 0.05) is 0 Å². The van der Waals surface area contributed by atoms with Gasteiger partial charge in [0.2, 0.25) is 0 Å². The molecule has 0 nitrogen and oxygen atoms in total. The molecule has 0 spiro atoms. The van der Waals surface area contributed by atoms with Gasteiger partial charge >= 0.3 is 0 Å². The molecule has 1 aliphatic carbocycles. The zero-order valence-electron chi connectivity index (χ0n) is 7.07. The molecule has 0 saturated carbocycles. The second-order valence-corrected chi connectivity index (χ2v) is 2.43. The van der Waals surface area contributed by atoms with E-state index in [0.29, 0.717) is 0 Å². The lowest BCUT2D eigenvalue weighted by molar-refractivity contribution is 0.670. The summed E-state index contributed by atoms with van der Waals surface area (Å²) in [5.41, 5.74) is 1.58. The molecule has 54 valence electrons. The Morgan fingerprint density at radius 1 is 1.44 bits per heavy atom. The minimum Gasteiger partial charge on any atom is -0.0853 e. The first-order valence-electron chi connectivity index (χ1n) is 3.97. The molecule has 1 aliphatic rings. The van der Waals surface area contributed by atoms with Crippen molar-refractivity contribution >= 4 is 0 Å². The topological polar surface area (TPSA) is 0 Å². The van der Waals surface area contributed by atoms with Crippen molar-refractivity contribution in [3.8, 4) is 0 Å². The van der Waals surface area contributed by atoms with Crippen LogP contribution in [-0.2, 0) is 0 Å². The van der Waals surface area contributed by atoms with E-state index in [1.165, 1.54) is 12.8 Å². The summed E-state index contributed by atoms with van der Waals surface area (Å²) < 4.78 is 0. The van der Waals surface area contributed by atoms with Gasteiger partial charge in [-0.05, 0) is 25.7 Å². The highest BCUT2D eigenvalue weighted by Crippen LogP contribution is 2.23. The van der Waals surface area contributed by atoms with Gasteiger partial charge in [-0.15, -0.1) is 0 Å². The molecule has 0 aromatic carbocycles. The van der Waals surface area contributed by atoms with Crippen LogP contribution in [-0.4, -0.2) is 0 Å². The van der Waals surface area contributed by atoms with Gasteiger partial charge in [-0.3, -0.25) is 0 Å². The smallest absolute Gasteiger partial charge is 0.0231 e. The molecule has 0 fully saturated rings. The molecule has 1 unspecified atom stereocenters. The van der Waals surface area contributed by atoms with E-state index in [-0.39, 0.29) is 0 Å². The maximum atomic E-state index is 2.34. The molecule has 0 aromatic rings. The third-order valence-electron chi connectivity index (χ3n) is 1.84. The summed E-state index contributed by atoms with van der Waals surface area (Å²) in [4.78, 5) is 0. The average Bonchev–Trinajstić information content (AvgIpc) is 2.23. The van der Waals surface area contributed by atoms with Crippen LogP contribution in [0.5, 0.6) is 0 Å². The Morgan fingerprint density at radius 3 is 2.11 bits per heavy atom. The van der Waals surface area contributed by atoms with Crippen LogP contribution in [0.3, 0.4) is 0 Å². The van der Waals surface area contributed by atoms with Crippen LogP contribution in [0.2, 0.25) is 0 Å². The fourth-order valence-electron chi connectivity index (χ4n) is 0.990. The van der Waals surface area contributed by atoms with Gasteiger partial charge in [0.1, 0.15) is 0 Å². The van der Waals surface area contributed by atoms with Gasteiger partial charge in [0.25, 0.3) is 0 Å². The quantitative estimate of drug-likeness (QED) is 0.436. The summed E-state index contributed by atoms with van der Waals surface area (Å²) in [5.74, 6) is 0.875. The standard InChI is InChI=1S/C7H12.C2H6/c1-6-4-3-5-7(6)2;1-2/h4,7H,3,5H2,1-2H3;1-2H3. The monoisotopic (exact) mass is 126 g/mol. The molecular formula is C9H18. The Bertz CT molecular complexity index is 90.2. The summed E-state index contributed by atoms with van der Waals surface area (Å²) >= 11 is 0. The van der Waals surface area contributed by atoms with Gasteiger partial charge < -0.3 is 0 Å².